The molecule has 0 heterocycles. The molecule has 1 rings (SSSR count). The Balaban J connectivity index is 2.61. The summed E-state index contributed by atoms with van der Waals surface area (Å²) in [5, 5.41) is 8.58. The van der Waals surface area contributed by atoms with Crippen molar-refractivity contribution in [3.8, 4) is 11.8 Å². The lowest BCUT2D eigenvalue weighted by Gasteiger charge is -2.08. The van der Waals surface area contributed by atoms with Crippen molar-refractivity contribution < 1.29 is 4.74 Å². The van der Waals surface area contributed by atoms with Gasteiger partial charge < -0.3 is 4.74 Å². The number of nitrogens with zero attached hydrogens (tertiary/aromatic N) is 1. The SMILES string of the molecule is Cc1ccc(OCC(C)C#N)cc1C. The topological polar surface area (TPSA) is 33.0 Å². The van der Waals surface area contributed by atoms with Crippen molar-refractivity contribution in [2.75, 3.05) is 6.61 Å². The minimum absolute atomic E-state index is 0.0587. The Labute approximate surface area is 85.1 Å². The fourth-order valence-corrected chi connectivity index (χ4v) is 1.06. The van der Waals surface area contributed by atoms with E-state index in [4.69, 9.17) is 10.00 Å². The summed E-state index contributed by atoms with van der Waals surface area (Å²) in [6.07, 6.45) is 0. The second kappa shape index (κ2) is 4.66. The first kappa shape index (κ1) is 10.6. The zero-order valence-corrected chi connectivity index (χ0v) is 8.87. The van der Waals surface area contributed by atoms with Crippen molar-refractivity contribution >= 4 is 0 Å². The molecule has 0 aliphatic carbocycles. The van der Waals surface area contributed by atoms with Crippen LogP contribution in [0.25, 0.3) is 0 Å². The van der Waals surface area contributed by atoms with Gasteiger partial charge in [-0.2, -0.15) is 5.26 Å². The van der Waals surface area contributed by atoms with Crippen LogP contribution in [-0.2, 0) is 0 Å². The molecule has 1 aromatic rings. The van der Waals surface area contributed by atoms with Gasteiger partial charge in [-0.25, -0.2) is 0 Å². The van der Waals surface area contributed by atoms with E-state index in [-0.39, 0.29) is 5.92 Å². The average Bonchev–Trinajstić information content (AvgIpc) is 2.19. The van der Waals surface area contributed by atoms with Crippen LogP contribution in [0.3, 0.4) is 0 Å². The number of aryl methyl sites for hydroxylation is 2. The van der Waals surface area contributed by atoms with Gasteiger partial charge >= 0.3 is 0 Å². The molecule has 0 aliphatic heterocycles. The predicted molar refractivity (Wildman–Crippen MR) is 56.2 cm³/mol. The van der Waals surface area contributed by atoms with Gasteiger partial charge in [-0.1, -0.05) is 6.07 Å². The number of benzene rings is 1. The first-order valence-electron chi connectivity index (χ1n) is 4.73. The van der Waals surface area contributed by atoms with Crippen LogP contribution in [0.1, 0.15) is 18.1 Å². The average molecular weight is 189 g/mol. The van der Waals surface area contributed by atoms with Gasteiger partial charge in [-0.3, -0.25) is 0 Å². The summed E-state index contributed by atoms with van der Waals surface area (Å²) in [5.41, 5.74) is 2.47. The van der Waals surface area contributed by atoms with Crippen LogP contribution in [0.4, 0.5) is 0 Å². The Hall–Kier alpha value is -1.49. The molecule has 14 heavy (non-hydrogen) atoms. The Kier molecular flexibility index (Phi) is 3.53. The second-order valence-corrected chi connectivity index (χ2v) is 3.59. The molecule has 0 radical (unpaired) electrons. The summed E-state index contributed by atoms with van der Waals surface area (Å²) in [6.45, 7) is 6.42. The Morgan fingerprint density at radius 1 is 1.36 bits per heavy atom. The summed E-state index contributed by atoms with van der Waals surface area (Å²) in [6, 6.07) is 8.10. The molecule has 0 amide bonds. The van der Waals surface area contributed by atoms with Crippen molar-refractivity contribution in [1.82, 2.24) is 0 Å². The minimum atomic E-state index is -0.0587. The molecule has 0 aromatic heterocycles. The molecule has 0 saturated heterocycles. The Morgan fingerprint density at radius 2 is 2.07 bits per heavy atom. The molecule has 0 aliphatic rings. The van der Waals surface area contributed by atoms with Gasteiger partial charge in [-0.15, -0.1) is 0 Å². The lowest BCUT2D eigenvalue weighted by molar-refractivity contribution is 0.288. The number of rotatable bonds is 3. The second-order valence-electron chi connectivity index (χ2n) is 3.59. The molecule has 0 spiro atoms. The molecule has 0 saturated carbocycles. The van der Waals surface area contributed by atoms with Crippen molar-refractivity contribution in [1.29, 1.82) is 5.26 Å². The lowest BCUT2D eigenvalue weighted by Crippen LogP contribution is -2.06. The van der Waals surface area contributed by atoms with Gasteiger partial charge in [0, 0.05) is 0 Å². The zero-order chi connectivity index (χ0) is 10.6. The molecule has 0 N–H and O–H groups in total. The number of nitriles is 1. The van der Waals surface area contributed by atoms with E-state index in [9.17, 15) is 0 Å². The summed E-state index contributed by atoms with van der Waals surface area (Å²) >= 11 is 0. The van der Waals surface area contributed by atoms with Gasteiger partial charge in [0.05, 0.1) is 12.0 Å². The van der Waals surface area contributed by atoms with Crippen LogP contribution >= 0.6 is 0 Å². The molecular formula is C12H15NO. The van der Waals surface area contributed by atoms with E-state index in [1.54, 1.807) is 0 Å². The van der Waals surface area contributed by atoms with Crippen molar-refractivity contribution in [2.24, 2.45) is 5.92 Å². The highest BCUT2D eigenvalue weighted by Gasteiger charge is 2.01. The van der Waals surface area contributed by atoms with E-state index in [1.165, 1.54) is 11.1 Å². The molecular weight excluding hydrogens is 174 g/mol. The summed E-state index contributed by atoms with van der Waals surface area (Å²) in [4.78, 5) is 0. The maximum Gasteiger partial charge on any atom is 0.119 e. The van der Waals surface area contributed by atoms with Crippen LogP contribution in [0.15, 0.2) is 18.2 Å². The monoisotopic (exact) mass is 189 g/mol. The normalized spacial score (nSPS) is 11.9. The van der Waals surface area contributed by atoms with E-state index in [2.05, 4.69) is 19.9 Å². The largest absolute Gasteiger partial charge is 0.492 e. The summed E-state index contributed by atoms with van der Waals surface area (Å²) in [7, 11) is 0. The molecule has 2 nitrogen and oxygen atoms in total. The maximum atomic E-state index is 8.58. The smallest absolute Gasteiger partial charge is 0.119 e. The predicted octanol–water partition coefficient (Wildman–Crippen LogP) is 2.84. The number of hydrogen-bond acceptors (Lipinski definition) is 2. The third-order valence-corrected chi connectivity index (χ3v) is 2.20. The van der Waals surface area contributed by atoms with E-state index >= 15 is 0 Å². The Bertz CT molecular complexity index is 352. The van der Waals surface area contributed by atoms with Gasteiger partial charge in [0.25, 0.3) is 0 Å². The summed E-state index contributed by atoms with van der Waals surface area (Å²) in [5.74, 6) is 0.784. The van der Waals surface area contributed by atoms with E-state index in [0.717, 1.165) is 5.75 Å². The fraction of sp³-hybridized carbons (Fsp3) is 0.417. The van der Waals surface area contributed by atoms with Crippen molar-refractivity contribution in [3.63, 3.8) is 0 Å². The van der Waals surface area contributed by atoms with Crippen LogP contribution in [-0.4, -0.2) is 6.61 Å². The van der Waals surface area contributed by atoms with E-state index in [1.807, 2.05) is 25.1 Å². The summed E-state index contributed by atoms with van der Waals surface area (Å²) < 4.78 is 5.47. The molecule has 74 valence electrons. The molecule has 0 bridgehead atoms. The van der Waals surface area contributed by atoms with Crippen LogP contribution < -0.4 is 4.74 Å². The molecule has 1 aromatic carbocycles. The van der Waals surface area contributed by atoms with Gasteiger partial charge in [0.2, 0.25) is 0 Å². The van der Waals surface area contributed by atoms with Gasteiger partial charge in [0.1, 0.15) is 12.4 Å². The quantitative estimate of drug-likeness (QED) is 0.732. The van der Waals surface area contributed by atoms with Gasteiger partial charge in [0.15, 0.2) is 0 Å². The van der Waals surface area contributed by atoms with Crippen LogP contribution in [0.2, 0.25) is 0 Å². The zero-order valence-electron chi connectivity index (χ0n) is 8.87. The Morgan fingerprint density at radius 3 is 2.64 bits per heavy atom. The molecule has 0 fully saturated rings. The highest BCUT2D eigenvalue weighted by molar-refractivity contribution is 5.33. The molecule has 1 atom stereocenters. The minimum Gasteiger partial charge on any atom is -0.492 e. The molecule has 2 heteroatoms. The first-order valence-corrected chi connectivity index (χ1v) is 4.73. The molecule has 1 unspecified atom stereocenters. The van der Waals surface area contributed by atoms with Crippen LogP contribution in [0.5, 0.6) is 5.75 Å². The third kappa shape index (κ3) is 2.77. The lowest BCUT2D eigenvalue weighted by atomic mass is 10.1. The first-order chi connectivity index (χ1) is 6.63. The standard InChI is InChI=1S/C12H15NO/c1-9(7-13)8-14-12-5-4-10(2)11(3)6-12/h4-6,9H,8H2,1-3H3. The van der Waals surface area contributed by atoms with Gasteiger partial charge in [-0.05, 0) is 44.0 Å². The highest BCUT2D eigenvalue weighted by Crippen LogP contribution is 2.16. The van der Waals surface area contributed by atoms with Crippen molar-refractivity contribution in [3.05, 3.63) is 29.3 Å². The van der Waals surface area contributed by atoms with Crippen molar-refractivity contribution in [2.45, 2.75) is 20.8 Å². The fourth-order valence-electron chi connectivity index (χ4n) is 1.06. The highest BCUT2D eigenvalue weighted by atomic mass is 16.5. The van der Waals surface area contributed by atoms with E-state index in [0.29, 0.717) is 6.61 Å². The third-order valence-electron chi connectivity index (χ3n) is 2.20. The maximum absolute atomic E-state index is 8.58. The van der Waals surface area contributed by atoms with Crippen LogP contribution in [0, 0.1) is 31.1 Å². The van der Waals surface area contributed by atoms with E-state index < -0.39 is 0 Å². The number of hydrogen-bond donors (Lipinski definition) is 0. The number of ether oxygens (including phenoxy) is 1.